The van der Waals surface area contributed by atoms with E-state index in [2.05, 4.69) is 34.6 Å². The van der Waals surface area contributed by atoms with Gasteiger partial charge in [0, 0.05) is 12.3 Å². The Morgan fingerprint density at radius 1 is 0.936 bits per heavy atom. The minimum Gasteiger partial charge on any atom is -0.457 e. The Hall–Kier alpha value is -0.850. The van der Waals surface area contributed by atoms with Crippen LogP contribution >= 0.6 is 0 Å². The van der Waals surface area contributed by atoms with Gasteiger partial charge in [0.1, 0.15) is 18.3 Å². The molecule has 2 spiro atoms. The summed E-state index contributed by atoms with van der Waals surface area (Å²) in [5.74, 6) is 0.717. The number of ether oxygens (including phenoxy) is 4. The summed E-state index contributed by atoms with van der Waals surface area (Å²) in [4.78, 5) is 12.1. The summed E-state index contributed by atoms with van der Waals surface area (Å²) in [5, 5.41) is 54.3. The normalized spacial score (nSPS) is 55.4. The number of carbonyl (C=O) groups excluding carboxylic acids is 1. The van der Waals surface area contributed by atoms with Gasteiger partial charge in [-0.3, -0.25) is 4.79 Å². The van der Waals surface area contributed by atoms with Crippen LogP contribution in [0.2, 0.25) is 0 Å². The first-order valence-electron chi connectivity index (χ1n) is 18.3. The Morgan fingerprint density at radius 3 is 2.26 bits per heavy atom. The number of hydrogen-bond acceptors (Lipinski definition) is 10. The predicted octanol–water partition coefficient (Wildman–Crippen LogP) is 3.33. The van der Waals surface area contributed by atoms with Gasteiger partial charge in [0.25, 0.3) is 0 Å². The summed E-state index contributed by atoms with van der Waals surface area (Å²) in [6, 6.07) is 0. The summed E-state index contributed by atoms with van der Waals surface area (Å²) in [7, 11) is 0. The molecule has 0 aromatic carbocycles. The molecule has 5 saturated carbocycles. The number of hydrogen-bond donors (Lipinski definition) is 5. The lowest BCUT2D eigenvalue weighted by molar-refractivity contribution is -0.303. The van der Waals surface area contributed by atoms with Crippen molar-refractivity contribution in [3.05, 3.63) is 0 Å². The van der Waals surface area contributed by atoms with E-state index in [-0.39, 0.29) is 51.6 Å². The van der Waals surface area contributed by atoms with E-state index in [1.165, 1.54) is 13.3 Å². The molecule has 0 bridgehead atoms. The molecule has 10 heteroatoms. The van der Waals surface area contributed by atoms with E-state index in [0.29, 0.717) is 18.3 Å². The van der Waals surface area contributed by atoms with Crippen molar-refractivity contribution < 1.29 is 49.3 Å². The van der Waals surface area contributed by atoms with E-state index in [9.17, 15) is 30.3 Å². The minimum absolute atomic E-state index is 0.0683. The fourth-order valence-corrected chi connectivity index (χ4v) is 13.7. The number of fused-ring (bicyclic) bond motifs is 4. The van der Waals surface area contributed by atoms with Crippen molar-refractivity contribution in [1.82, 2.24) is 0 Å². The molecule has 0 radical (unpaired) electrons. The van der Waals surface area contributed by atoms with Gasteiger partial charge in [-0.15, -0.1) is 0 Å². The highest BCUT2D eigenvalue weighted by Crippen LogP contribution is 2.89. The lowest BCUT2D eigenvalue weighted by atomic mass is 9.41. The Labute approximate surface area is 279 Å². The van der Waals surface area contributed by atoms with Crippen LogP contribution in [0.4, 0.5) is 0 Å². The van der Waals surface area contributed by atoms with Gasteiger partial charge in [-0.25, -0.2) is 0 Å². The summed E-state index contributed by atoms with van der Waals surface area (Å²) < 4.78 is 24.6. The molecule has 7 fully saturated rings. The van der Waals surface area contributed by atoms with Gasteiger partial charge in [0.05, 0.1) is 36.6 Å². The number of rotatable bonds is 5. The zero-order valence-corrected chi connectivity index (χ0v) is 29.6. The number of aliphatic hydroxyl groups excluding tert-OH is 4. The Morgan fingerprint density at radius 2 is 1.60 bits per heavy atom. The SMILES string of the molecule is CC(=O)O[C@@H]([C@H]1C[C@@H](C)[C@H]2[C@H](O1)[C@H](O)[C@@]1(C)[C@@H]3CC[C@H]4C(C)(C)[C@@H](O[C@@H]5OCC(O)[C@H](O)[C@H]5O)CCC45C[C@@]35CC[C@]21C)C(C)(C)O. The molecule has 268 valence electrons. The maximum Gasteiger partial charge on any atom is 0.303 e. The highest BCUT2D eigenvalue weighted by molar-refractivity contribution is 5.66. The highest BCUT2D eigenvalue weighted by atomic mass is 16.7. The second-order valence-electron chi connectivity index (χ2n) is 18.6. The first-order valence-corrected chi connectivity index (χ1v) is 18.3. The molecular formula is C37H60O10. The molecule has 0 aromatic heterocycles. The van der Waals surface area contributed by atoms with Gasteiger partial charge in [0.2, 0.25) is 0 Å². The van der Waals surface area contributed by atoms with Crippen molar-refractivity contribution in [3.63, 3.8) is 0 Å². The molecular weight excluding hydrogens is 604 g/mol. The monoisotopic (exact) mass is 664 g/mol. The Bertz CT molecular complexity index is 1250. The molecule has 47 heavy (non-hydrogen) atoms. The molecule has 7 aliphatic rings. The van der Waals surface area contributed by atoms with Crippen LogP contribution in [-0.4, -0.2) is 98.8 Å². The van der Waals surface area contributed by atoms with E-state index >= 15 is 0 Å². The molecule has 5 N–H and O–H groups in total. The predicted molar refractivity (Wildman–Crippen MR) is 171 cm³/mol. The molecule has 2 saturated heterocycles. The third-order valence-corrected chi connectivity index (χ3v) is 15.8. The van der Waals surface area contributed by atoms with Crippen molar-refractivity contribution >= 4 is 5.97 Å². The number of esters is 1. The number of aliphatic hydroxyl groups is 5. The van der Waals surface area contributed by atoms with Crippen molar-refractivity contribution in [1.29, 1.82) is 0 Å². The quantitative estimate of drug-likeness (QED) is 0.218. The minimum atomic E-state index is -1.30. The van der Waals surface area contributed by atoms with Gasteiger partial charge in [-0.05, 0) is 111 Å². The second-order valence-corrected chi connectivity index (χ2v) is 18.6. The molecule has 0 aromatic rings. The molecule has 5 aliphatic carbocycles. The molecule has 10 nitrogen and oxygen atoms in total. The molecule has 0 amide bonds. The third-order valence-electron chi connectivity index (χ3n) is 15.8. The maximum atomic E-state index is 12.5. The first-order chi connectivity index (χ1) is 21.8. The average molecular weight is 665 g/mol. The van der Waals surface area contributed by atoms with Crippen molar-refractivity contribution in [3.8, 4) is 0 Å². The van der Waals surface area contributed by atoms with Gasteiger partial charge >= 0.3 is 5.97 Å². The molecule has 2 heterocycles. The van der Waals surface area contributed by atoms with E-state index in [1.54, 1.807) is 13.8 Å². The average Bonchev–Trinajstić information content (AvgIpc) is 3.61. The lowest BCUT2D eigenvalue weighted by Crippen LogP contribution is -2.61. The van der Waals surface area contributed by atoms with Crippen LogP contribution < -0.4 is 0 Å². The molecule has 2 aliphatic heterocycles. The van der Waals surface area contributed by atoms with Gasteiger partial charge in [-0.2, -0.15) is 0 Å². The van der Waals surface area contributed by atoms with Gasteiger partial charge in [0.15, 0.2) is 12.4 Å². The van der Waals surface area contributed by atoms with Crippen LogP contribution in [0.5, 0.6) is 0 Å². The Balaban J connectivity index is 1.14. The largest absolute Gasteiger partial charge is 0.457 e. The maximum absolute atomic E-state index is 12.5. The van der Waals surface area contributed by atoms with Crippen molar-refractivity contribution in [2.45, 2.75) is 167 Å². The summed E-state index contributed by atoms with van der Waals surface area (Å²) in [5.41, 5.74) is -1.61. The van der Waals surface area contributed by atoms with E-state index in [0.717, 1.165) is 38.5 Å². The topological polar surface area (TPSA) is 155 Å². The van der Waals surface area contributed by atoms with E-state index in [4.69, 9.17) is 18.9 Å². The van der Waals surface area contributed by atoms with Crippen molar-refractivity contribution in [2.24, 2.45) is 50.7 Å². The zero-order chi connectivity index (χ0) is 34.3. The highest BCUT2D eigenvalue weighted by Gasteiger charge is 2.84. The van der Waals surface area contributed by atoms with Crippen molar-refractivity contribution in [2.75, 3.05) is 6.61 Å². The van der Waals surface area contributed by atoms with Crippen LogP contribution in [0.3, 0.4) is 0 Å². The molecule has 2 unspecified atom stereocenters. The lowest BCUT2D eigenvalue weighted by Gasteiger charge is -2.64. The third kappa shape index (κ3) is 4.54. The van der Waals surface area contributed by atoms with Crippen LogP contribution in [0, 0.1) is 50.7 Å². The van der Waals surface area contributed by atoms with Crippen LogP contribution in [-0.2, 0) is 23.7 Å². The number of carbonyl (C=O) groups is 1. The van der Waals surface area contributed by atoms with E-state index in [1.807, 2.05) is 0 Å². The Kier molecular flexibility index (Phi) is 7.97. The summed E-state index contributed by atoms with van der Waals surface area (Å²) in [6.07, 6.45) is 0.712. The first kappa shape index (κ1) is 34.6. The fourth-order valence-electron chi connectivity index (χ4n) is 13.7. The zero-order valence-electron chi connectivity index (χ0n) is 29.6. The van der Waals surface area contributed by atoms with Gasteiger partial charge in [-0.1, -0.05) is 34.6 Å². The standard InChI is InChI=1S/C37H60O10/c1-18-15-21(30(33(5,6)43)45-19(2)38)46-28-25(18)34(7)13-14-37-17-36(37)12-11-24(47-31-27(41)26(40)20(39)16-44-31)32(3,4)22(36)9-10-23(37)35(34,8)29(28)42/h18,20-31,39-43H,9-17H2,1-8H3/t18-,20?,21-,22+,23+,24+,25+,26+,27-,28+,29+,30+,31+,34-,35-,36?,37+/m1/s1. The van der Waals surface area contributed by atoms with Crippen LogP contribution in [0.15, 0.2) is 0 Å². The van der Waals surface area contributed by atoms with Crippen LogP contribution in [0.1, 0.15) is 107 Å². The van der Waals surface area contributed by atoms with Gasteiger partial charge < -0.3 is 44.5 Å². The summed E-state index contributed by atoms with van der Waals surface area (Å²) >= 11 is 0. The summed E-state index contributed by atoms with van der Waals surface area (Å²) in [6.45, 7) is 16.2. The molecule has 17 atom stereocenters. The fraction of sp³-hybridized carbons (Fsp3) is 0.973. The smallest absolute Gasteiger partial charge is 0.303 e. The second kappa shape index (κ2) is 10.8. The van der Waals surface area contributed by atoms with Crippen LogP contribution in [0.25, 0.3) is 0 Å². The van der Waals surface area contributed by atoms with E-state index < -0.39 is 60.6 Å². The molecule has 7 rings (SSSR count).